The smallest absolute Gasteiger partial charge is 0.165 e. The third-order valence-corrected chi connectivity index (χ3v) is 1.03. The third kappa shape index (κ3) is 1.32. The molecule has 0 aliphatic carbocycles. The van der Waals surface area contributed by atoms with Crippen molar-refractivity contribution in [3.05, 3.63) is 18.9 Å². The van der Waals surface area contributed by atoms with Crippen molar-refractivity contribution in [1.82, 2.24) is 5.32 Å². The van der Waals surface area contributed by atoms with Crippen molar-refractivity contribution in [2.75, 3.05) is 13.2 Å². The molecule has 1 aliphatic rings. The molecule has 0 spiro atoms. The predicted octanol–water partition coefficient (Wildman–Crippen LogP) is 0.672. The van der Waals surface area contributed by atoms with E-state index in [9.17, 15) is 0 Å². The molecular formula is C6H10NO. The molecule has 0 saturated carbocycles. The first-order valence-corrected chi connectivity index (χ1v) is 2.77. The Balaban J connectivity index is 2.14. The molecule has 2 heteroatoms. The molecule has 1 saturated heterocycles. The van der Waals surface area contributed by atoms with Gasteiger partial charge in [-0.3, -0.25) is 5.32 Å². The summed E-state index contributed by atoms with van der Waals surface area (Å²) in [6.07, 6.45) is 3.62. The molecule has 1 heterocycles. The molecule has 1 aliphatic heterocycles. The van der Waals surface area contributed by atoms with Crippen molar-refractivity contribution in [3.63, 3.8) is 0 Å². The van der Waals surface area contributed by atoms with E-state index < -0.39 is 0 Å². The van der Waals surface area contributed by atoms with Crippen LogP contribution in [-0.4, -0.2) is 13.2 Å². The van der Waals surface area contributed by atoms with Crippen molar-refractivity contribution >= 4 is 0 Å². The fourth-order valence-corrected chi connectivity index (χ4v) is 0.678. The van der Waals surface area contributed by atoms with Gasteiger partial charge in [-0.1, -0.05) is 6.08 Å². The van der Waals surface area contributed by atoms with Crippen LogP contribution >= 0.6 is 0 Å². The van der Waals surface area contributed by atoms with Crippen LogP contribution in [0.15, 0.2) is 12.7 Å². The Kier molecular flexibility index (Phi) is 2.06. The SMILES string of the molecule is C=CC[C]1NCCO1. The second-order valence-corrected chi connectivity index (χ2v) is 1.69. The van der Waals surface area contributed by atoms with Crippen LogP contribution in [0.25, 0.3) is 0 Å². The van der Waals surface area contributed by atoms with Gasteiger partial charge in [0.25, 0.3) is 0 Å². The molecule has 2 nitrogen and oxygen atoms in total. The summed E-state index contributed by atoms with van der Waals surface area (Å²) in [4.78, 5) is 0. The lowest BCUT2D eigenvalue weighted by atomic mass is 10.4. The summed E-state index contributed by atoms with van der Waals surface area (Å²) in [7, 11) is 0. The van der Waals surface area contributed by atoms with Crippen molar-refractivity contribution in [1.29, 1.82) is 0 Å². The van der Waals surface area contributed by atoms with E-state index in [0.717, 1.165) is 25.8 Å². The highest BCUT2D eigenvalue weighted by Crippen LogP contribution is 2.07. The molecule has 0 unspecified atom stereocenters. The fourth-order valence-electron chi connectivity index (χ4n) is 0.678. The minimum absolute atomic E-state index is 0.809. The number of ether oxygens (including phenoxy) is 1. The van der Waals surface area contributed by atoms with E-state index in [1.165, 1.54) is 0 Å². The van der Waals surface area contributed by atoms with Crippen LogP contribution in [0.3, 0.4) is 0 Å². The Morgan fingerprint density at radius 2 is 2.75 bits per heavy atom. The van der Waals surface area contributed by atoms with Crippen LogP contribution in [0.2, 0.25) is 0 Å². The molecule has 0 aromatic carbocycles. The van der Waals surface area contributed by atoms with Crippen LogP contribution in [0.1, 0.15) is 6.42 Å². The average molecular weight is 112 g/mol. The van der Waals surface area contributed by atoms with E-state index >= 15 is 0 Å². The van der Waals surface area contributed by atoms with Crippen LogP contribution in [0.5, 0.6) is 0 Å². The van der Waals surface area contributed by atoms with Gasteiger partial charge in [0.2, 0.25) is 0 Å². The minimum atomic E-state index is 0.809. The standard InChI is InChI=1S/C6H10NO/c1-2-3-6-7-4-5-8-6/h2,7H,1,3-5H2. The first-order valence-electron chi connectivity index (χ1n) is 2.77. The molecule has 0 bridgehead atoms. The van der Waals surface area contributed by atoms with Crippen molar-refractivity contribution in [2.24, 2.45) is 0 Å². The first-order chi connectivity index (χ1) is 3.93. The molecule has 1 radical (unpaired) electrons. The number of hydrogen-bond acceptors (Lipinski definition) is 2. The summed E-state index contributed by atoms with van der Waals surface area (Å²) in [5, 5.41) is 3.08. The second kappa shape index (κ2) is 2.84. The second-order valence-electron chi connectivity index (χ2n) is 1.69. The maximum absolute atomic E-state index is 5.13. The lowest BCUT2D eigenvalue weighted by Gasteiger charge is -2.01. The van der Waals surface area contributed by atoms with Gasteiger partial charge in [0.1, 0.15) is 0 Å². The normalized spacial score (nSPS) is 21.5. The molecule has 1 N–H and O–H groups in total. The predicted molar refractivity (Wildman–Crippen MR) is 32.0 cm³/mol. The summed E-state index contributed by atoms with van der Waals surface area (Å²) >= 11 is 0. The van der Waals surface area contributed by atoms with E-state index in [2.05, 4.69) is 11.9 Å². The van der Waals surface area contributed by atoms with Gasteiger partial charge in [-0.25, -0.2) is 0 Å². The minimum Gasteiger partial charge on any atom is -0.354 e. The van der Waals surface area contributed by atoms with Gasteiger partial charge in [-0.2, -0.15) is 0 Å². The van der Waals surface area contributed by atoms with Gasteiger partial charge >= 0.3 is 0 Å². The average Bonchev–Trinajstić information content (AvgIpc) is 2.19. The summed E-state index contributed by atoms with van der Waals surface area (Å²) in [5.74, 6) is 0. The highest BCUT2D eigenvalue weighted by molar-refractivity contribution is 4.87. The molecule has 0 amide bonds. The molecule has 1 rings (SSSR count). The summed E-state index contributed by atoms with van der Waals surface area (Å²) in [6, 6.07) is 0. The van der Waals surface area contributed by atoms with E-state index in [1.54, 1.807) is 0 Å². The van der Waals surface area contributed by atoms with Gasteiger partial charge in [0.05, 0.1) is 6.61 Å². The van der Waals surface area contributed by atoms with Crippen LogP contribution in [0, 0.1) is 6.23 Å². The Morgan fingerprint density at radius 3 is 3.25 bits per heavy atom. The maximum Gasteiger partial charge on any atom is 0.165 e. The zero-order chi connectivity index (χ0) is 5.82. The van der Waals surface area contributed by atoms with Crippen LogP contribution in [-0.2, 0) is 4.74 Å². The number of rotatable bonds is 2. The molecule has 1 fully saturated rings. The number of hydrogen-bond donors (Lipinski definition) is 1. The Morgan fingerprint density at radius 1 is 1.88 bits per heavy atom. The largest absolute Gasteiger partial charge is 0.354 e. The van der Waals surface area contributed by atoms with Gasteiger partial charge in [-0.05, 0) is 0 Å². The van der Waals surface area contributed by atoms with Crippen molar-refractivity contribution in [3.8, 4) is 0 Å². The molecule has 0 atom stereocenters. The summed E-state index contributed by atoms with van der Waals surface area (Å²) < 4.78 is 5.13. The molecule has 0 aromatic heterocycles. The summed E-state index contributed by atoms with van der Waals surface area (Å²) in [5.41, 5.74) is 0. The molecule has 8 heavy (non-hydrogen) atoms. The molecule has 0 aromatic rings. The van der Waals surface area contributed by atoms with Gasteiger partial charge < -0.3 is 4.74 Å². The highest BCUT2D eigenvalue weighted by atomic mass is 16.5. The zero-order valence-electron chi connectivity index (χ0n) is 4.81. The van der Waals surface area contributed by atoms with E-state index in [1.807, 2.05) is 6.08 Å². The zero-order valence-corrected chi connectivity index (χ0v) is 4.81. The van der Waals surface area contributed by atoms with Gasteiger partial charge in [0.15, 0.2) is 6.23 Å². The van der Waals surface area contributed by atoms with Crippen LogP contribution < -0.4 is 5.32 Å². The molecule has 45 valence electrons. The lowest BCUT2D eigenvalue weighted by molar-refractivity contribution is 0.193. The van der Waals surface area contributed by atoms with E-state index in [4.69, 9.17) is 4.74 Å². The lowest BCUT2D eigenvalue weighted by Crippen LogP contribution is -2.12. The summed E-state index contributed by atoms with van der Waals surface area (Å²) in [6.45, 7) is 5.34. The fraction of sp³-hybridized carbons (Fsp3) is 0.500. The van der Waals surface area contributed by atoms with E-state index in [0.29, 0.717) is 0 Å². The monoisotopic (exact) mass is 112 g/mol. The quantitative estimate of drug-likeness (QED) is 0.530. The first kappa shape index (κ1) is 5.79. The third-order valence-electron chi connectivity index (χ3n) is 1.03. The Labute approximate surface area is 49.5 Å². The Bertz CT molecular complexity index is 76.6. The van der Waals surface area contributed by atoms with Crippen LogP contribution in [0.4, 0.5) is 0 Å². The van der Waals surface area contributed by atoms with Crippen molar-refractivity contribution < 1.29 is 4.74 Å². The maximum atomic E-state index is 5.13. The molecular weight excluding hydrogens is 102 g/mol. The highest BCUT2D eigenvalue weighted by Gasteiger charge is 2.12. The van der Waals surface area contributed by atoms with Gasteiger partial charge in [-0.15, -0.1) is 6.58 Å². The van der Waals surface area contributed by atoms with Crippen molar-refractivity contribution in [2.45, 2.75) is 6.42 Å². The Hall–Kier alpha value is -0.340. The van der Waals surface area contributed by atoms with Gasteiger partial charge in [0, 0.05) is 13.0 Å². The number of nitrogens with one attached hydrogen (secondary N) is 1. The van der Waals surface area contributed by atoms with E-state index in [-0.39, 0.29) is 0 Å². The topological polar surface area (TPSA) is 21.3 Å².